The average Bonchev–Trinajstić information content (AvgIpc) is 3.35. The van der Waals surface area contributed by atoms with Gasteiger partial charge in [-0.05, 0) is 60.7 Å². The molecule has 0 unspecified atom stereocenters. The van der Waals surface area contributed by atoms with Gasteiger partial charge in [0.15, 0.2) is 0 Å². The van der Waals surface area contributed by atoms with Crippen LogP contribution in [0.2, 0.25) is 0 Å². The van der Waals surface area contributed by atoms with Gasteiger partial charge in [-0.2, -0.15) is 0 Å². The number of carbonyl (C=O) groups is 2. The number of carbonyl (C=O) groups excluding carboxylic acids is 2. The molecule has 3 N–H and O–H groups in total. The number of thiophene rings is 1. The Morgan fingerprint density at radius 2 is 1.57 bits per heavy atom. The van der Waals surface area contributed by atoms with Crippen LogP contribution in [0.15, 0.2) is 70.9 Å². The monoisotopic (exact) mass is 441 g/mol. The van der Waals surface area contributed by atoms with E-state index in [0.29, 0.717) is 21.8 Å². The second-order valence-corrected chi connectivity index (χ2v) is 9.55. The fourth-order valence-corrected chi connectivity index (χ4v) is 4.74. The van der Waals surface area contributed by atoms with Crippen molar-refractivity contribution in [2.75, 3.05) is 10.6 Å². The number of nitrogens with one attached hydrogen (secondary N) is 3. The Bertz CT molecular complexity index is 1190. The van der Waals surface area contributed by atoms with Crippen molar-refractivity contribution in [2.24, 2.45) is 0 Å². The highest BCUT2D eigenvalue weighted by Gasteiger charge is 2.28. The van der Waals surface area contributed by atoms with E-state index in [9.17, 15) is 18.0 Å². The van der Waals surface area contributed by atoms with Gasteiger partial charge in [0.2, 0.25) is 10.0 Å². The first-order valence-electron chi connectivity index (χ1n) is 9.29. The molecule has 2 amide bonds. The van der Waals surface area contributed by atoms with Crippen LogP contribution in [0.25, 0.3) is 0 Å². The van der Waals surface area contributed by atoms with Crippen LogP contribution in [0, 0.1) is 0 Å². The van der Waals surface area contributed by atoms with Crippen molar-refractivity contribution >= 4 is 44.5 Å². The minimum Gasteiger partial charge on any atom is -0.322 e. The van der Waals surface area contributed by atoms with E-state index in [1.54, 1.807) is 48.5 Å². The van der Waals surface area contributed by atoms with E-state index in [1.165, 1.54) is 23.5 Å². The molecule has 4 rings (SSSR count). The third-order valence-electron chi connectivity index (χ3n) is 4.43. The highest BCUT2D eigenvalue weighted by Crippen LogP contribution is 2.23. The molecule has 1 fully saturated rings. The summed E-state index contributed by atoms with van der Waals surface area (Å²) in [5, 5.41) is 7.28. The third-order valence-corrected chi connectivity index (χ3v) is 6.82. The van der Waals surface area contributed by atoms with Crippen molar-refractivity contribution in [2.45, 2.75) is 23.8 Å². The number of hydrogen-bond donors (Lipinski definition) is 3. The van der Waals surface area contributed by atoms with Crippen molar-refractivity contribution in [3.05, 3.63) is 76.5 Å². The van der Waals surface area contributed by atoms with Crippen LogP contribution in [0.4, 0.5) is 11.4 Å². The first kappa shape index (κ1) is 20.3. The van der Waals surface area contributed by atoms with Crippen LogP contribution >= 0.6 is 11.3 Å². The Kier molecular flexibility index (Phi) is 5.67. The van der Waals surface area contributed by atoms with Crippen LogP contribution < -0.4 is 15.4 Å². The maximum absolute atomic E-state index is 12.6. The van der Waals surface area contributed by atoms with Gasteiger partial charge in [0.25, 0.3) is 11.8 Å². The SMILES string of the molecule is O=C(Nc1cccc(S(=O)(=O)NC2CC2)c1)c1cccc(NC(=O)c2cccs2)c1. The summed E-state index contributed by atoms with van der Waals surface area (Å²) in [6.07, 6.45) is 1.68. The van der Waals surface area contributed by atoms with Gasteiger partial charge in [0, 0.05) is 23.0 Å². The maximum Gasteiger partial charge on any atom is 0.265 e. The number of sulfonamides is 1. The molecule has 0 saturated heterocycles. The number of rotatable bonds is 7. The van der Waals surface area contributed by atoms with E-state index >= 15 is 0 Å². The predicted molar refractivity (Wildman–Crippen MR) is 116 cm³/mol. The molecule has 0 spiro atoms. The minimum absolute atomic E-state index is 0.000347. The zero-order chi connectivity index (χ0) is 21.1. The van der Waals surface area contributed by atoms with Crippen LogP contribution in [0.1, 0.15) is 32.9 Å². The van der Waals surface area contributed by atoms with Crippen molar-refractivity contribution in [3.8, 4) is 0 Å². The first-order valence-corrected chi connectivity index (χ1v) is 11.7. The third kappa shape index (κ3) is 4.93. The first-order chi connectivity index (χ1) is 14.4. The molecule has 0 aliphatic heterocycles. The summed E-state index contributed by atoms with van der Waals surface area (Å²) in [7, 11) is -3.61. The van der Waals surface area contributed by atoms with E-state index in [0.717, 1.165) is 12.8 Å². The highest BCUT2D eigenvalue weighted by atomic mass is 32.2. The molecular weight excluding hydrogens is 422 g/mol. The molecule has 1 aliphatic rings. The zero-order valence-electron chi connectivity index (χ0n) is 15.8. The van der Waals surface area contributed by atoms with E-state index in [2.05, 4.69) is 15.4 Å². The molecule has 9 heteroatoms. The summed E-state index contributed by atoms with van der Waals surface area (Å²) in [5.41, 5.74) is 1.20. The molecule has 1 heterocycles. The zero-order valence-corrected chi connectivity index (χ0v) is 17.4. The Labute approximate surface area is 178 Å². The molecule has 7 nitrogen and oxygen atoms in total. The standard InChI is InChI=1S/C21H19N3O4S2/c25-20(14-4-1-5-16(12-14)23-21(26)19-8-3-11-29-19)22-17-6-2-7-18(13-17)30(27,28)24-15-9-10-15/h1-8,11-13,15,24H,9-10H2,(H,22,25)(H,23,26). The maximum atomic E-state index is 12.6. The van der Waals surface area contributed by atoms with E-state index in [4.69, 9.17) is 0 Å². The van der Waals surface area contributed by atoms with Gasteiger partial charge in [0.1, 0.15) is 0 Å². The molecule has 3 aromatic rings. The molecule has 1 saturated carbocycles. The topological polar surface area (TPSA) is 104 Å². The molecular formula is C21H19N3O4S2. The lowest BCUT2D eigenvalue weighted by Gasteiger charge is -2.10. The molecule has 154 valence electrons. The van der Waals surface area contributed by atoms with Gasteiger partial charge in [-0.25, -0.2) is 13.1 Å². The molecule has 0 bridgehead atoms. The lowest BCUT2D eigenvalue weighted by atomic mass is 10.1. The highest BCUT2D eigenvalue weighted by molar-refractivity contribution is 7.89. The van der Waals surface area contributed by atoms with Gasteiger partial charge < -0.3 is 10.6 Å². The van der Waals surface area contributed by atoms with Crippen molar-refractivity contribution < 1.29 is 18.0 Å². The second kappa shape index (κ2) is 8.39. The predicted octanol–water partition coefficient (Wildman–Crippen LogP) is 3.69. The van der Waals surface area contributed by atoms with E-state index in [-0.39, 0.29) is 16.8 Å². The summed E-state index contributed by atoms with van der Waals surface area (Å²) in [4.78, 5) is 25.5. The molecule has 0 atom stereocenters. The quantitative estimate of drug-likeness (QED) is 0.520. The number of amides is 2. The van der Waals surface area contributed by atoms with Crippen molar-refractivity contribution in [1.29, 1.82) is 0 Å². The largest absolute Gasteiger partial charge is 0.322 e. The number of hydrogen-bond acceptors (Lipinski definition) is 5. The summed E-state index contributed by atoms with van der Waals surface area (Å²) in [5.74, 6) is -0.657. The van der Waals surface area contributed by atoms with E-state index in [1.807, 2.05) is 5.38 Å². The number of anilines is 2. The summed E-state index contributed by atoms with van der Waals surface area (Å²) in [6, 6.07) is 16.2. The molecule has 1 aliphatic carbocycles. The lowest BCUT2D eigenvalue weighted by Crippen LogP contribution is -2.25. The summed E-state index contributed by atoms with van der Waals surface area (Å²) >= 11 is 1.33. The van der Waals surface area contributed by atoms with Crippen LogP contribution in [0.3, 0.4) is 0 Å². The smallest absolute Gasteiger partial charge is 0.265 e. The average molecular weight is 442 g/mol. The van der Waals surface area contributed by atoms with Crippen molar-refractivity contribution in [3.63, 3.8) is 0 Å². The Morgan fingerprint density at radius 3 is 2.27 bits per heavy atom. The molecule has 30 heavy (non-hydrogen) atoms. The second-order valence-electron chi connectivity index (χ2n) is 6.89. The number of benzene rings is 2. The van der Waals surface area contributed by atoms with Gasteiger partial charge in [0.05, 0.1) is 9.77 Å². The van der Waals surface area contributed by atoms with Gasteiger partial charge in [-0.3, -0.25) is 9.59 Å². The van der Waals surface area contributed by atoms with Crippen LogP contribution in [0.5, 0.6) is 0 Å². The fraction of sp³-hybridized carbons (Fsp3) is 0.143. The molecule has 0 radical (unpaired) electrons. The molecule has 2 aromatic carbocycles. The van der Waals surface area contributed by atoms with Gasteiger partial charge >= 0.3 is 0 Å². The normalized spacial score (nSPS) is 13.6. The van der Waals surface area contributed by atoms with E-state index < -0.39 is 15.9 Å². The molecule has 1 aromatic heterocycles. The minimum atomic E-state index is -3.61. The summed E-state index contributed by atoms with van der Waals surface area (Å²) in [6.45, 7) is 0. The van der Waals surface area contributed by atoms with Crippen LogP contribution in [-0.2, 0) is 10.0 Å². The summed E-state index contributed by atoms with van der Waals surface area (Å²) < 4.78 is 27.4. The van der Waals surface area contributed by atoms with Gasteiger partial charge in [-0.15, -0.1) is 11.3 Å². The van der Waals surface area contributed by atoms with Crippen LogP contribution in [-0.4, -0.2) is 26.3 Å². The lowest BCUT2D eigenvalue weighted by molar-refractivity contribution is 0.101. The Hall–Kier alpha value is -3.01. The van der Waals surface area contributed by atoms with Crippen molar-refractivity contribution in [1.82, 2.24) is 4.72 Å². The van der Waals surface area contributed by atoms with Gasteiger partial charge in [-0.1, -0.05) is 18.2 Å². The Morgan fingerprint density at radius 1 is 0.867 bits per heavy atom. The fourth-order valence-electron chi connectivity index (χ4n) is 2.77. The Balaban J connectivity index is 1.46.